The van der Waals surface area contributed by atoms with Gasteiger partial charge < -0.3 is 10.1 Å². The Kier molecular flexibility index (Phi) is 7.20. The SMILES string of the molecule is CCOC1CCN(C(CNC(C)C)C(C)C)CC1. The Balaban J connectivity index is 2.40. The first-order valence-corrected chi connectivity index (χ1v) is 7.63. The van der Waals surface area contributed by atoms with Crippen molar-refractivity contribution in [3.05, 3.63) is 0 Å². The lowest BCUT2D eigenvalue weighted by atomic mass is 9.98. The summed E-state index contributed by atoms with van der Waals surface area (Å²) in [6.45, 7) is 15.5. The van der Waals surface area contributed by atoms with Gasteiger partial charge in [0.2, 0.25) is 0 Å². The number of piperidine rings is 1. The van der Waals surface area contributed by atoms with Crippen LogP contribution >= 0.6 is 0 Å². The van der Waals surface area contributed by atoms with Crippen molar-refractivity contribution in [1.29, 1.82) is 0 Å². The first-order valence-electron chi connectivity index (χ1n) is 7.63. The van der Waals surface area contributed by atoms with E-state index in [-0.39, 0.29) is 0 Å². The number of rotatable bonds is 7. The molecule has 1 aliphatic rings. The van der Waals surface area contributed by atoms with Crippen molar-refractivity contribution in [2.75, 3.05) is 26.2 Å². The molecule has 0 aromatic rings. The van der Waals surface area contributed by atoms with E-state index in [1.54, 1.807) is 0 Å². The van der Waals surface area contributed by atoms with Gasteiger partial charge in [0, 0.05) is 38.3 Å². The zero-order valence-corrected chi connectivity index (χ0v) is 12.9. The summed E-state index contributed by atoms with van der Waals surface area (Å²) >= 11 is 0. The summed E-state index contributed by atoms with van der Waals surface area (Å²) in [4.78, 5) is 2.65. The Bertz CT molecular complexity index is 211. The Morgan fingerprint density at radius 3 is 2.22 bits per heavy atom. The largest absolute Gasteiger partial charge is 0.378 e. The molecule has 1 heterocycles. The second-order valence-corrected chi connectivity index (χ2v) is 6.06. The molecule has 3 nitrogen and oxygen atoms in total. The van der Waals surface area contributed by atoms with Crippen LogP contribution in [0.3, 0.4) is 0 Å². The maximum Gasteiger partial charge on any atom is 0.0599 e. The van der Waals surface area contributed by atoms with Gasteiger partial charge in [-0.15, -0.1) is 0 Å². The van der Waals surface area contributed by atoms with Crippen LogP contribution in [-0.2, 0) is 4.74 Å². The molecule has 0 bridgehead atoms. The van der Waals surface area contributed by atoms with Gasteiger partial charge in [0.05, 0.1) is 6.10 Å². The highest BCUT2D eigenvalue weighted by atomic mass is 16.5. The van der Waals surface area contributed by atoms with Crippen LogP contribution in [0.2, 0.25) is 0 Å². The number of ether oxygens (including phenoxy) is 1. The van der Waals surface area contributed by atoms with Crippen molar-refractivity contribution >= 4 is 0 Å². The van der Waals surface area contributed by atoms with Gasteiger partial charge >= 0.3 is 0 Å². The number of likely N-dealkylation sites (tertiary alicyclic amines) is 1. The average Bonchev–Trinajstić information content (AvgIpc) is 2.31. The van der Waals surface area contributed by atoms with E-state index in [0.29, 0.717) is 24.1 Å². The second-order valence-electron chi connectivity index (χ2n) is 6.06. The molecule has 0 saturated carbocycles. The topological polar surface area (TPSA) is 24.5 Å². The summed E-state index contributed by atoms with van der Waals surface area (Å²) in [6, 6.07) is 1.24. The van der Waals surface area contributed by atoms with Crippen LogP contribution in [0.25, 0.3) is 0 Å². The third-order valence-corrected chi connectivity index (χ3v) is 3.85. The predicted octanol–water partition coefficient (Wildman–Crippen LogP) is 2.51. The monoisotopic (exact) mass is 256 g/mol. The van der Waals surface area contributed by atoms with Gasteiger partial charge in [-0.1, -0.05) is 27.7 Å². The third-order valence-electron chi connectivity index (χ3n) is 3.85. The van der Waals surface area contributed by atoms with Crippen LogP contribution < -0.4 is 5.32 Å². The van der Waals surface area contributed by atoms with E-state index in [2.05, 4.69) is 44.8 Å². The summed E-state index contributed by atoms with van der Waals surface area (Å²) in [6.07, 6.45) is 2.88. The van der Waals surface area contributed by atoms with E-state index < -0.39 is 0 Å². The lowest BCUT2D eigenvalue weighted by Crippen LogP contribution is -2.50. The van der Waals surface area contributed by atoms with E-state index >= 15 is 0 Å². The molecule has 1 atom stereocenters. The van der Waals surface area contributed by atoms with E-state index in [9.17, 15) is 0 Å². The van der Waals surface area contributed by atoms with Gasteiger partial charge in [-0.2, -0.15) is 0 Å². The zero-order valence-electron chi connectivity index (χ0n) is 12.9. The quantitative estimate of drug-likeness (QED) is 0.757. The van der Waals surface area contributed by atoms with Gasteiger partial charge in [0.1, 0.15) is 0 Å². The van der Waals surface area contributed by atoms with E-state index in [1.807, 2.05) is 0 Å². The van der Waals surface area contributed by atoms with Crippen molar-refractivity contribution in [2.24, 2.45) is 5.92 Å². The molecule has 18 heavy (non-hydrogen) atoms. The summed E-state index contributed by atoms with van der Waals surface area (Å²) in [5, 5.41) is 3.59. The highest BCUT2D eigenvalue weighted by Crippen LogP contribution is 2.19. The highest BCUT2D eigenvalue weighted by Gasteiger charge is 2.26. The number of hydrogen-bond donors (Lipinski definition) is 1. The van der Waals surface area contributed by atoms with Crippen LogP contribution in [-0.4, -0.2) is 49.3 Å². The molecule has 0 aromatic carbocycles. The molecule has 0 aliphatic carbocycles. The van der Waals surface area contributed by atoms with E-state index in [1.165, 1.54) is 25.9 Å². The number of hydrogen-bond acceptors (Lipinski definition) is 3. The molecular formula is C15H32N2O. The smallest absolute Gasteiger partial charge is 0.0599 e. The molecule has 0 radical (unpaired) electrons. The van der Waals surface area contributed by atoms with Crippen LogP contribution in [0.5, 0.6) is 0 Å². The van der Waals surface area contributed by atoms with Crippen LogP contribution in [0.4, 0.5) is 0 Å². The minimum atomic E-state index is 0.497. The molecule has 108 valence electrons. The normalized spacial score (nSPS) is 20.8. The van der Waals surface area contributed by atoms with Gasteiger partial charge in [0.15, 0.2) is 0 Å². The molecule has 1 unspecified atom stereocenters. The highest BCUT2D eigenvalue weighted by molar-refractivity contribution is 4.82. The van der Waals surface area contributed by atoms with Crippen molar-refractivity contribution in [3.8, 4) is 0 Å². The maximum atomic E-state index is 5.73. The number of nitrogens with one attached hydrogen (secondary N) is 1. The van der Waals surface area contributed by atoms with Crippen molar-refractivity contribution in [2.45, 2.75) is 65.6 Å². The van der Waals surface area contributed by atoms with Gasteiger partial charge in [0.25, 0.3) is 0 Å². The molecule has 0 amide bonds. The van der Waals surface area contributed by atoms with Gasteiger partial charge in [-0.05, 0) is 25.7 Å². The zero-order chi connectivity index (χ0) is 13.5. The van der Waals surface area contributed by atoms with Crippen molar-refractivity contribution < 1.29 is 4.74 Å². The Morgan fingerprint density at radius 2 is 1.78 bits per heavy atom. The fourth-order valence-corrected chi connectivity index (χ4v) is 2.75. The van der Waals surface area contributed by atoms with Gasteiger partial charge in [-0.25, -0.2) is 0 Å². The lowest BCUT2D eigenvalue weighted by Gasteiger charge is -2.39. The standard InChI is InChI=1S/C15H32N2O/c1-6-18-14-7-9-17(10-8-14)15(12(2)3)11-16-13(4)5/h12-16H,6-11H2,1-5H3. The first kappa shape index (κ1) is 15.9. The predicted molar refractivity (Wildman–Crippen MR) is 78.0 cm³/mol. The fourth-order valence-electron chi connectivity index (χ4n) is 2.75. The fraction of sp³-hybridized carbons (Fsp3) is 1.00. The molecule has 3 heteroatoms. The van der Waals surface area contributed by atoms with Crippen LogP contribution in [0.15, 0.2) is 0 Å². The Morgan fingerprint density at radius 1 is 1.17 bits per heavy atom. The summed E-state index contributed by atoms with van der Waals surface area (Å²) < 4.78 is 5.73. The molecule has 0 aromatic heterocycles. The lowest BCUT2D eigenvalue weighted by molar-refractivity contribution is -0.00179. The van der Waals surface area contributed by atoms with Crippen molar-refractivity contribution in [1.82, 2.24) is 10.2 Å². The maximum absolute atomic E-state index is 5.73. The minimum Gasteiger partial charge on any atom is -0.378 e. The van der Waals surface area contributed by atoms with Crippen LogP contribution in [0.1, 0.15) is 47.5 Å². The molecule has 0 spiro atoms. The Hall–Kier alpha value is -0.120. The molecular weight excluding hydrogens is 224 g/mol. The van der Waals surface area contributed by atoms with Crippen LogP contribution in [0, 0.1) is 5.92 Å². The van der Waals surface area contributed by atoms with Crippen molar-refractivity contribution in [3.63, 3.8) is 0 Å². The summed E-state index contributed by atoms with van der Waals surface area (Å²) in [7, 11) is 0. The third kappa shape index (κ3) is 5.25. The average molecular weight is 256 g/mol. The second kappa shape index (κ2) is 8.13. The summed E-state index contributed by atoms with van der Waals surface area (Å²) in [5.74, 6) is 0.708. The number of nitrogens with zero attached hydrogens (tertiary/aromatic N) is 1. The molecule has 1 rings (SSSR count). The molecule has 1 fully saturated rings. The first-order chi connectivity index (χ1) is 8.54. The summed E-state index contributed by atoms with van der Waals surface area (Å²) in [5.41, 5.74) is 0. The van der Waals surface area contributed by atoms with E-state index in [4.69, 9.17) is 4.74 Å². The molecule has 1 saturated heterocycles. The molecule has 1 aliphatic heterocycles. The van der Waals surface area contributed by atoms with E-state index in [0.717, 1.165) is 13.2 Å². The minimum absolute atomic E-state index is 0.497. The molecule has 1 N–H and O–H groups in total. The Labute approximate surface area is 113 Å². The van der Waals surface area contributed by atoms with Gasteiger partial charge in [-0.3, -0.25) is 4.90 Å².